The Morgan fingerprint density at radius 1 is 1.04 bits per heavy atom. The lowest BCUT2D eigenvalue weighted by molar-refractivity contribution is 0.588. The van der Waals surface area contributed by atoms with Crippen LogP contribution in [0.4, 0.5) is 11.7 Å². The maximum Gasteiger partial charge on any atom is 0.320 e. The van der Waals surface area contributed by atoms with Gasteiger partial charge in [-0.25, -0.2) is 0 Å². The Balaban J connectivity index is 1.47. The molecule has 0 unspecified atom stereocenters. The average molecular weight is 401 g/mol. The van der Waals surface area contributed by atoms with E-state index >= 15 is 0 Å². The summed E-state index contributed by atoms with van der Waals surface area (Å²) in [5, 5.41) is 14.0. The molecule has 4 aromatic rings. The molecule has 130 valence electrons. The monoisotopic (exact) mass is 400 g/mol. The lowest BCUT2D eigenvalue weighted by Crippen LogP contribution is -1.89. The molecule has 0 atom stereocenters. The van der Waals surface area contributed by atoms with Gasteiger partial charge in [-0.3, -0.25) is 4.98 Å². The van der Waals surface area contributed by atoms with E-state index < -0.39 is 0 Å². The minimum Gasteiger partial charge on any atom is -0.402 e. The van der Waals surface area contributed by atoms with Crippen molar-refractivity contribution in [1.82, 2.24) is 15.2 Å². The number of hydrogen-bond donors (Lipinski definition) is 1. The normalized spacial score (nSPS) is 10.8. The Kier molecular flexibility index (Phi) is 5.19. The third-order valence-electron chi connectivity index (χ3n) is 3.49. The second-order valence-electron chi connectivity index (χ2n) is 5.30. The number of halogens is 1. The van der Waals surface area contributed by atoms with E-state index in [1.165, 1.54) is 5.56 Å². The zero-order valence-electron chi connectivity index (χ0n) is 13.4. The Hall–Kier alpha value is -2.35. The predicted octanol–water partition coefficient (Wildman–Crippen LogP) is 5.88. The van der Waals surface area contributed by atoms with Crippen molar-refractivity contribution in [2.75, 3.05) is 5.32 Å². The number of pyridine rings is 1. The molecule has 3 aromatic heterocycles. The number of aromatic nitrogens is 3. The van der Waals surface area contributed by atoms with Gasteiger partial charge in [0, 0.05) is 33.8 Å². The van der Waals surface area contributed by atoms with Crippen molar-refractivity contribution < 1.29 is 4.42 Å². The highest BCUT2D eigenvalue weighted by Crippen LogP contribution is 2.37. The van der Waals surface area contributed by atoms with Gasteiger partial charge in [-0.1, -0.05) is 16.7 Å². The van der Waals surface area contributed by atoms with E-state index in [2.05, 4.69) is 26.6 Å². The van der Waals surface area contributed by atoms with Crippen molar-refractivity contribution in [3.63, 3.8) is 0 Å². The van der Waals surface area contributed by atoms with Gasteiger partial charge in [-0.2, -0.15) is 0 Å². The molecule has 1 N–H and O–H groups in total. The molecule has 0 bridgehead atoms. The standard InChI is InChI=1S/C18H13ClN4OS2/c19-13-1-3-14(4-2-13)21-18-23-22-17(24-18)16-15(7-10-25-16)26-11-12-5-8-20-9-6-12/h1-10H,11H2,(H,21,23). The van der Waals surface area contributed by atoms with Crippen LogP contribution in [0.15, 0.2) is 69.6 Å². The molecule has 0 saturated heterocycles. The zero-order chi connectivity index (χ0) is 17.8. The van der Waals surface area contributed by atoms with Gasteiger partial charge in [0.2, 0.25) is 0 Å². The molecule has 0 amide bonds. The molecule has 26 heavy (non-hydrogen) atoms. The van der Waals surface area contributed by atoms with Gasteiger partial charge < -0.3 is 9.73 Å². The van der Waals surface area contributed by atoms with Crippen LogP contribution in [0.1, 0.15) is 5.56 Å². The highest BCUT2D eigenvalue weighted by atomic mass is 35.5. The number of nitrogens with zero attached hydrogens (tertiary/aromatic N) is 3. The molecule has 0 spiro atoms. The maximum atomic E-state index is 5.89. The van der Waals surface area contributed by atoms with E-state index in [1.807, 2.05) is 29.6 Å². The van der Waals surface area contributed by atoms with Crippen LogP contribution in [-0.4, -0.2) is 15.2 Å². The second-order valence-corrected chi connectivity index (χ2v) is 7.67. The molecule has 0 aliphatic carbocycles. The second kappa shape index (κ2) is 7.90. The number of nitrogens with one attached hydrogen (secondary N) is 1. The Bertz CT molecular complexity index is 986. The minimum absolute atomic E-state index is 0.348. The van der Waals surface area contributed by atoms with Crippen LogP contribution in [0.2, 0.25) is 5.02 Å². The molecule has 0 aliphatic heterocycles. The summed E-state index contributed by atoms with van der Waals surface area (Å²) in [6.07, 6.45) is 3.61. The van der Waals surface area contributed by atoms with Crippen LogP contribution in [-0.2, 0) is 5.75 Å². The lowest BCUT2D eigenvalue weighted by atomic mass is 10.3. The van der Waals surface area contributed by atoms with E-state index in [0.29, 0.717) is 16.9 Å². The topological polar surface area (TPSA) is 63.8 Å². The minimum atomic E-state index is 0.348. The molecular formula is C18H13ClN4OS2. The molecule has 0 aliphatic rings. The van der Waals surface area contributed by atoms with Crippen LogP contribution in [0.3, 0.4) is 0 Å². The first-order chi connectivity index (χ1) is 12.8. The summed E-state index contributed by atoms with van der Waals surface area (Å²) in [4.78, 5) is 6.13. The highest BCUT2D eigenvalue weighted by Gasteiger charge is 2.15. The van der Waals surface area contributed by atoms with Crippen molar-refractivity contribution in [3.05, 3.63) is 70.8 Å². The van der Waals surface area contributed by atoms with Crippen LogP contribution in [0.25, 0.3) is 10.8 Å². The van der Waals surface area contributed by atoms with E-state index in [-0.39, 0.29) is 0 Å². The number of thioether (sulfide) groups is 1. The number of hydrogen-bond acceptors (Lipinski definition) is 7. The first-order valence-corrected chi connectivity index (χ1v) is 9.98. The number of rotatable bonds is 6. The largest absolute Gasteiger partial charge is 0.402 e. The van der Waals surface area contributed by atoms with Crippen molar-refractivity contribution in [3.8, 4) is 10.8 Å². The van der Waals surface area contributed by atoms with Crippen LogP contribution in [0, 0.1) is 0 Å². The first kappa shape index (κ1) is 17.1. The summed E-state index contributed by atoms with van der Waals surface area (Å²) in [7, 11) is 0. The Morgan fingerprint density at radius 2 is 1.85 bits per heavy atom. The van der Waals surface area contributed by atoms with E-state index in [0.717, 1.165) is 21.2 Å². The van der Waals surface area contributed by atoms with E-state index in [9.17, 15) is 0 Å². The zero-order valence-corrected chi connectivity index (χ0v) is 15.8. The Morgan fingerprint density at radius 3 is 2.65 bits per heavy atom. The molecule has 3 heterocycles. The van der Waals surface area contributed by atoms with Crippen LogP contribution >= 0.6 is 34.7 Å². The average Bonchev–Trinajstić information content (AvgIpc) is 3.32. The summed E-state index contributed by atoms with van der Waals surface area (Å²) in [6, 6.07) is 13.8. The molecule has 0 fully saturated rings. The van der Waals surface area contributed by atoms with Crippen molar-refractivity contribution in [1.29, 1.82) is 0 Å². The highest BCUT2D eigenvalue weighted by molar-refractivity contribution is 7.98. The summed E-state index contributed by atoms with van der Waals surface area (Å²) >= 11 is 9.22. The van der Waals surface area contributed by atoms with Gasteiger partial charge in [0.15, 0.2) is 0 Å². The summed E-state index contributed by atoms with van der Waals surface area (Å²) < 4.78 is 5.78. The fraction of sp³-hybridized carbons (Fsp3) is 0.0556. The van der Waals surface area contributed by atoms with E-state index in [4.69, 9.17) is 16.0 Å². The smallest absolute Gasteiger partial charge is 0.320 e. The van der Waals surface area contributed by atoms with E-state index in [1.54, 1.807) is 47.6 Å². The third-order valence-corrected chi connectivity index (χ3v) is 5.90. The van der Waals surface area contributed by atoms with Crippen LogP contribution in [0.5, 0.6) is 0 Å². The maximum absolute atomic E-state index is 5.89. The van der Waals surface area contributed by atoms with Crippen molar-refractivity contribution in [2.45, 2.75) is 10.6 Å². The lowest BCUT2D eigenvalue weighted by Gasteiger charge is -2.02. The summed E-state index contributed by atoms with van der Waals surface area (Å²) in [6.45, 7) is 0. The number of anilines is 2. The number of thiophene rings is 1. The van der Waals surface area contributed by atoms with Gasteiger partial charge in [0.1, 0.15) is 4.88 Å². The molecular weight excluding hydrogens is 388 g/mol. The predicted molar refractivity (Wildman–Crippen MR) is 106 cm³/mol. The summed E-state index contributed by atoms with van der Waals surface area (Å²) in [5.74, 6) is 1.37. The fourth-order valence-electron chi connectivity index (χ4n) is 2.23. The first-order valence-electron chi connectivity index (χ1n) is 7.73. The van der Waals surface area contributed by atoms with Crippen LogP contribution < -0.4 is 5.32 Å². The Labute approximate surface area is 163 Å². The quantitative estimate of drug-likeness (QED) is 0.407. The van der Waals surface area contributed by atoms with Gasteiger partial charge in [-0.15, -0.1) is 28.2 Å². The molecule has 0 radical (unpaired) electrons. The molecule has 0 saturated carbocycles. The third kappa shape index (κ3) is 4.07. The molecule has 5 nitrogen and oxygen atoms in total. The summed E-state index contributed by atoms with van der Waals surface area (Å²) in [5.41, 5.74) is 2.06. The van der Waals surface area contributed by atoms with Gasteiger partial charge >= 0.3 is 6.01 Å². The van der Waals surface area contributed by atoms with Gasteiger partial charge in [-0.05, 0) is 53.4 Å². The number of benzene rings is 1. The van der Waals surface area contributed by atoms with Crippen molar-refractivity contribution >= 4 is 46.4 Å². The van der Waals surface area contributed by atoms with Crippen molar-refractivity contribution in [2.24, 2.45) is 0 Å². The molecule has 8 heteroatoms. The van der Waals surface area contributed by atoms with Gasteiger partial charge in [0.25, 0.3) is 5.89 Å². The SMILES string of the molecule is Clc1ccc(Nc2nnc(-c3sccc3SCc3ccncc3)o2)cc1. The molecule has 4 rings (SSSR count). The molecule has 1 aromatic carbocycles. The van der Waals surface area contributed by atoms with Gasteiger partial charge in [0.05, 0.1) is 0 Å². The fourth-order valence-corrected chi connectivity index (χ4v) is 4.37.